The van der Waals surface area contributed by atoms with Gasteiger partial charge in [0.15, 0.2) is 0 Å². The molecule has 3 heterocycles. The molecule has 1 aromatic carbocycles. The lowest BCUT2D eigenvalue weighted by Crippen LogP contribution is -2.53. The van der Waals surface area contributed by atoms with Crippen molar-refractivity contribution in [2.75, 3.05) is 18.4 Å². The van der Waals surface area contributed by atoms with E-state index in [1.807, 2.05) is 6.07 Å². The number of carbonyl (C=O) groups is 2. The van der Waals surface area contributed by atoms with Crippen LogP contribution in [0.4, 0.5) is 5.69 Å². The summed E-state index contributed by atoms with van der Waals surface area (Å²) in [5, 5.41) is 13.4. The first kappa shape index (κ1) is 15.6. The minimum absolute atomic E-state index is 0.00583. The van der Waals surface area contributed by atoms with E-state index in [1.165, 1.54) is 0 Å². The molecule has 4 rings (SSSR count). The molecule has 0 aromatic heterocycles. The van der Waals surface area contributed by atoms with Crippen LogP contribution in [0.2, 0.25) is 0 Å². The molecule has 0 aliphatic carbocycles. The van der Waals surface area contributed by atoms with E-state index in [2.05, 4.69) is 17.1 Å². The van der Waals surface area contributed by atoms with Crippen LogP contribution in [0.15, 0.2) is 18.2 Å². The standard InChI is InChI=1S/C19H24N2O3/c1-2-12-11-21-8-7-19(16(21)10-13(12)6-9-22)17-14(20-18(19)24)4-3-5-15(17)23/h3-5,9,12-13,16,23H,2,6-8,10-11H2,1H3,(H,20,24). The number of amides is 1. The molecule has 2 N–H and O–H groups in total. The van der Waals surface area contributed by atoms with Crippen LogP contribution in [0.25, 0.3) is 0 Å². The van der Waals surface area contributed by atoms with Gasteiger partial charge >= 0.3 is 0 Å². The molecular weight excluding hydrogens is 304 g/mol. The molecule has 1 spiro atoms. The van der Waals surface area contributed by atoms with Gasteiger partial charge in [0, 0.05) is 30.3 Å². The second kappa shape index (κ2) is 5.59. The molecule has 1 amide bonds. The number of phenols is 1. The van der Waals surface area contributed by atoms with Crippen LogP contribution >= 0.6 is 0 Å². The smallest absolute Gasteiger partial charge is 0.236 e. The number of nitrogens with one attached hydrogen (secondary N) is 1. The lowest BCUT2D eigenvalue weighted by atomic mass is 9.68. The van der Waals surface area contributed by atoms with Crippen molar-refractivity contribution in [2.45, 2.75) is 44.1 Å². The van der Waals surface area contributed by atoms with Gasteiger partial charge in [-0.15, -0.1) is 0 Å². The summed E-state index contributed by atoms with van der Waals surface area (Å²) < 4.78 is 0. The topological polar surface area (TPSA) is 69.6 Å². The summed E-state index contributed by atoms with van der Waals surface area (Å²) in [5.41, 5.74) is 0.842. The van der Waals surface area contributed by atoms with Crippen molar-refractivity contribution in [1.29, 1.82) is 0 Å². The van der Waals surface area contributed by atoms with Crippen molar-refractivity contribution in [1.82, 2.24) is 4.90 Å². The van der Waals surface area contributed by atoms with Crippen LogP contribution in [-0.2, 0) is 15.0 Å². The Kier molecular flexibility index (Phi) is 3.64. The van der Waals surface area contributed by atoms with Crippen molar-refractivity contribution in [3.05, 3.63) is 23.8 Å². The van der Waals surface area contributed by atoms with Gasteiger partial charge in [-0.3, -0.25) is 9.69 Å². The number of anilines is 1. The van der Waals surface area contributed by atoms with Crippen molar-refractivity contribution in [3.8, 4) is 5.75 Å². The van der Waals surface area contributed by atoms with Gasteiger partial charge in [0.1, 0.15) is 12.0 Å². The highest BCUT2D eigenvalue weighted by Gasteiger charge is 2.60. The number of fused-ring (bicyclic) bond motifs is 4. The van der Waals surface area contributed by atoms with Gasteiger partial charge < -0.3 is 15.2 Å². The Labute approximate surface area is 142 Å². The van der Waals surface area contributed by atoms with Gasteiger partial charge in [-0.1, -0.05) is 19.4 Å². The fourth-order valence-corrected chi connectivity index (χ4v) is 5.34. The number of piperidine rings is 1. The highest BCUT2D eigenvalue weighted by atomic mass is 16.3. The van der Waals surface area contributed by atoms with Gasteiger partial charge in [-0.05, 0) is 43.4 Å². The molecule has 0 radical (unpaired) electrons. The zero-order chi connectivity index (χ0) is 16.9. The summed E-state index contributed by atoms with van der Waals surface area (Å²) in [4.78, 5) is 26.5. The lowest BCUT2D eigenvalue weighted by molar-refractivity contribution is -0.122. The second-order valence-electron chi connectivity index (χ2n) is 7.45. The third-order valence-corrected chi connectivity index (χ3v) is 6.53. The Morgan fingerprint density at radius 1 is 1.42 bits per heavy atom. The molecule has 0 saturated carbocycles. The normalized spacial score (nSPS) is 34.9. The quantitative estimate of drug-likeness (QED) is 0.835. The van der Waals surface area contributed by atoms with E-state index >= 15 is 0 Å². The molecule has 128 valence electrons. The van der Waals surface area contributed by atoms with Crippen molar-refractivity contribution < 1.29 is 14.7 Å². The Bertz CT molecular complexity index is 689. The number of hydrogen-bond donors (Lipinski definition) is 2. The first-order valence-corrected chi connectivity index (χ1v) is 8.93. The van der Waals surface area contributed by atoms with Gasteiger partial charge in [-0.25, -0.2) is 0 Å². The SMILES string of the molecule is CCC1CN2CCC3(C(=O)Nc4cccc(O)c43)C2CC1CC=O. The summed E-state index contributed by atoms with van der Waals surface area (Å²) in [6, 6.07) is 5.37. The zero-order valence-electron chi connectivity index (χ0n) is 14.0. The Morgan fingerprint density at radius 3 is 3.00 bits per heavy atom. The highest BCUT2D eigenvalue weighted by molar-refractivity contribution is 6.08. The first-order chi connectivity index (χ1) is 11.6. The monoisotopic (exact) mass is 328 g/mol. The number of aldehydes is 1. The van der Waals surface area contributed by atoms with E-state index < -0.39 is 5.41 Å². The van der Waals surface area contributed by atoms with E-state index in [4.69, 9.17) is 0 Å². The van der Waals surface area contributed by atoms with Crippen molar-refractivity contribution >= 4 is 17.9 Å². The number of phenolic OH excluding ortho intramolecular Hbond substituents is 1. The number of benzene rings is 1. The number of nitrogens with zero attached hydrogens (tertiary/aromatic N) is 1. The molecule has 5 heteroatoms. The highest BCUT2D eigenvalue weighted by Crippen LogP contribution is 2.54. The molecule has 2 saturated heterocycles. The van der Waals surface area contributed by atoms with Crippen LogP contribution in [0, 0.1) is 11.8 Å². The maximum atomic E-state index is 13.0. The summed E-state index contributed by atoms with van der Waals surface area (Å²) in [7, 11) is 0. The van der Waals surface area contributed by atoms with E-state index in [-0.39, 0.29) is 17.7 Å². The minimum Gasteiger partial charge on any atom is -0.508 e. The predicted molar refractivity (Wildman–Crippen MR) is 91.0 cm³/mol. The predicted octanol–water partition coefficient (Wildman–Crippen LogP) is 2.29. The van der Waals surface area contributed by atoms with Gasteiger partial charge in [0.05, 0.1) is 5.41 Å². The number of rotatable bonds is 3. The number of aromatic hydroxyl groups is 1. The maximum absolute atomic E-state index is 13.0. The first-order valence-electron chi connectivity index (χ1n) is 8.93. The Balaban J connectivity index is 1.76. The molecule has 4 atom stereocenters. The third-order valence-electron chi connectivity index (χ3n) is 6.53. The maximum Gasteiger partial charge on any atom is 0.236 e. The summed E-state index contributed by atoms with van der Waals surface area (Å²) in [5.74, 6) is 1.05. The lowest BCUT2D eigenvalue weighted by Gasteiger charge is -2.44. The molecule has 2 fully saturated rings. The molecule has 5 nitrogen and oxygen atoms in total. The van der Waals surface area contributed by atoms with Gasteiger partial charge in [-0.2, -0.15) is 0 Å². The van der Waals surface area contributed by atoms with Crippen LogP contribution in [0.3, 0.4) is 0 Å². The number of carbonyl (C=O) groups excluding carboxylic acids is 2. The second-order valence-corrected chi connectivity index (χ2v) is 7.45. The summed E-state index contributed by atoms with van der Waals surface area (Å²) in [6.07, 6.45) is 4.22. The third kappa shape index (κ3) is 1.97. The van der Waals surface area contributed by atoms with E-state index in [1.54, 1.807) is 12.1 Å². The minimum atomic E-state index is -0.666. The Morgan fingerprint density at radius 2 is 2.25 bits per heavy atom. The zero-order valence-corrected chi connectivity index (χ0v) is 14.0. The average molecular weight is 328 g/mol. The van der Waals surface area contributed by atoms with Crippen molar-refractivity contribution in [3.63, 3.8) is 0 Å². The molecule has 3 aliphatic rings. The van der Waals surface area contributed by atoms with E-state index in [9.17, 15) is 14.7 Å². The fourth-order valence-electron chi connectivity index (χ4n) is 5.34. The molecule has 4 unspecified atom stereocenters. The summed E-state index contributed by atoms with van der Waals surface area (Å²) in [6.45, 7) is 3.99. The van der Waals surface area contributed by atoms with Crippen molar-refractivity contribution in [2.24, 2.45) is 11.8 Å². The van der Waals surface area contributed by atoms with Crippen LogP contribution in [0.1, 0.15) is 38.2 Å². The van der Waals surface area contributed by atoms with E-state index in [0.29, 0.717) is 18.3 Å². The molecular formula is C19H24N2O3. The fraction of sp³-hybridized carbons (Fsp3) is 0.579. The number of hydrogen-bond acceptors (Lipinski definition) is 4. The molecule has 3 aliphatic heterocycles. The van der Waals surface area contributed by atoms with Crippen LogP contribution in [0.5, 0.6) is 5.75 Å². The van der Waals surface area contributed by atoms with E-state index in [0.717, 1.165) is 49.9 Å². The van der Waals surface area contributed by atoms with Crippen LogP contribution in [-0.4, -0.2) is 41.3 Å². The molecule has 0 bridgehead atoms. The largest absolute Gasteiger partial charge is 0.508 e. The molecule has 24 heavy (non-hydrogen) atoms. The Hall–Kier alpha value is -1.88. The molecule has 1 aromatic rings. The summed E-state index contributed by atoms with van der Waals surface area (Å²) >= 11 is 0. The van der Waals surface area contributed by atoms with Gasteiger partial charge in [0.25, 0.3) is 0 Å². The van der Waals surface area contributed by atoms with Gasteiger partial charge in [0.2, 0.25) is 5.91 Å². The average Bonchev–Trinajstić information content (AvgIpc) is 3.08. The van der Waals surface area contributed by atoms with Crippen LogP contribution < -0.4 is 5.32 Å².